The highest BCUT2D eigenvalue weighted by Crippen LogP contribution is 2.18. The highest BCUT2D eigenvalue weighted by Gasteiger charge is 2.08. The highest BCUT2D eigenvalue weighted by atomic mass is 16.5. The summed E-state index contributed by atoms with van der Waals surface area (Å²) < 4.78 is 7.25. The van der Waals surface area contributed by atoms with Gasteiger partial charge < -0.3 is 9.30 Å². The van der Waals surface area contributed by atoms with Gasteiger partial charge in [0.25, 0.3) is 11.8 Å². The van der Waals surface area contributed by atoms with Crippen LogP contribution in [0.25, 0.3) is 10.9 Å². The normalized spacial score (nSPS) is 10.8. The molecule has 0 atom stereocenters. The lowest BCUT2D eigenvalue weighted by atomic mass is 10.0. The summed E-state index contributed by atoms with van der Waals surface area (Å²) in [6, 6.07) is 17.3. The van der Waals surface area contributed by atoms with Gasteiger partial charge >= 0.3 is 0 Å². The molecular formula is C21H23N3O3. The highest BCUT2D eigenvalue weighted by molar-refractivity contribution is 5.85. The molecule has 3 aromatic rings. The number of carbonyl (C=O) groups is 2. The van der Waals surface area contributed by atoms with Crippen molar-refractivity contribution in [1.82, 2.24) is 15.4 Å². The zero-order chi connectivity index (χ0) is 19.2. The van der Waals surface area contributed by atoms with Gasteiger partial charge in [-0.15, -0.1) is 0 Å². The molecule has 2 N–H and O–H groups in total. The van der Waals surface area contributed by atoms with Gasteiger partial charge in [-0.1, -0.05) is 44.2 Å². The molecule has 6 heteroatoms. The number of hydrogen-bond acceptors (Lipinski definition) is 3. The maximum Gasteiger partial charge on any atom is 0.276 e. The molecule has 27 heavy (non-hydrogen) atoms. The molecule has 0 aliphatic heterocycles. The van der Waals surface area contributed by atoms with Gasteiger partial charge in [-0.25, -0.2) is 0 Å². The molecular weight excluding hydrogens is 342 g/mol. The number of aromatic nitrogens is 1. The van der Waals surface area contributed by atoms with Crippen LogP contribution >= 0.6 is 0 Å². The molecule has 0 bridgehead atoms. The Kier molecular flexibility index (Phi) is 5.76. The van der Waals surface area contributed by atoms with Crippen molar-refractivity contribution in [2.24, 2.45) is 0 Å². The molecule has 0 saturated heterocycles. The smallest absolute Gasteiger partial charge is 0.276 e. The minimum atomic E-state index is -0.423. The van der Waals surface area contributed by atoms with Crippen LogP contribution in [0.3, 0.4) is 0 Å². The largest absolute Gasteiger partial charge is 0.484 e. The summed E-state index contributed by atoms with van der Waals surface area (Å²) in [5.74, 6) is 0.314. The van der Waals surface area contributed by atoms with Gasteiger partial charge in [0.2, 0.25) is 0 Å². The van der Waals surface area contributed by atoms with E-state index in [9.17, 15) is 9.59 Å². The first-order valence-corrected chi connectivity index (χ1v) is 8.87. The van der Waals surface area contributed by atoms with Crippen LogP contribution in [-0.4, -0.2) is 23.0 Å². The fraction of sp³-hybridized carbons (Fsp3) is 0.238. The minimum absolute atomic E-state index is 0.116. The monoisotopic (exact) mass is 365 g/mol. The third-order valence-corrected chi connectivity index (χ3v) is 4.25. The lowest BCUT2D eigenvalue weighted by molar-refractivity contribution is -0.130. The molecule has 6 nitrogen and oxygen atoms in total. The van der Waals surface area contributed by atoms with Crippen LogP contribution in [0.15, 0.2) is 60.8 Å². The molecule has 1 heterocycles. The zero-order valence-electron chi connectivity index (χ0n) is 15.4. The Morgan fingerprint density at radius 1 is 0.963 bits per heavy atom. The first-order valence-electron chi connectivity index (χ1n) is 8.87. The molecule has 1 aromatic heterocycles. The van der Waals surface area contributed by atoms with E-state index < -0.39 is 5.91 Å². The predicted octanol–water partition coefficient (Wildman–Crippen LogP) is 2.99. The van der Waals surface area contributed by atoms with Gasteiger partial charge in [-0.3, -0.25) is 20.4 Å². The Morgan fingerprint density at radius 2 is 1.67 bits per heavy atom. The van der Waals surface area contributed by atoms with Crippen LogP contribution in [0.2, 0.25) is 0 Å². The van der Waals surface area contributed by atoms with E-state index in [4.69, 9.17) is 4.74 Å². The van der Waals surface area contributed by atoms with E-state index in [0.29, 0.717) is 11.7 Å². The standard InChI is InChI=1S/C21H23N3O3/c1-15(2)16-7-9-18(10-8-16)27-14-21(26)23-22-20(25)13-24-12-11-17-5-3-4-6-19(17)24/h3-12,15H,13-14H2,1-2H3,(H,22,25)(H,23,26). The van der Waals surface area contributed by atoms with E-state index in [1.807, 2.05) is 65.4 Å². The van der Waals surface area contributed by atoms with E-state index in [1.165, 1.54) is 5.56 Å². The van der Waals surface area contributed by atoms with E-state index >= 15 is 0 Å². The fourth-order valence-corrected chi connectivity index (χ4v) is 2.75. The Bertz CT molecular complexity index is 929. The summed E-state index contributed by atoms with van der Waals surface area (Å²) in [6.45, 7) is 4.17. The first kappa shape index (κ1) is 18.5. The molecule has 0 radical (unpaired) electrons. The summed E-state index contributed by atoms with van der Waals surface area (Å²) in [5.41, 5.74) is 6.94. The number of hydrazine groups is 1. The van der Waals surface area contributed by atoms with Crippen molar-refractivity contribution in [3.63, 3.8) is 0 Å². The lowest BCUT2D eigenvalue weighted by Crippen LogP contribution is -2.45. The number of nitrogens with zero attached hydrogens (tertiary/aromatic N) is 1. The molecule has 3 rings (SSSR count). The molecule has 0 aliphatic carbocycles. The lowest BCUT2D eigenvalue weighted by Gasteiger charge is -2.11. The number of carbonyl (C=O) groups excluding carboxylic acids is 2. The Balaban J connectivity index is 1.44. The topological polar surface area (TPSA) is 72.4 Å². The van der Waals surface area contributed by atoms with Gasteiger partial charge in [0.1, 0.15) is 12.3 Å². The van der Waals surface area contributed by atoms with Crippen LogP contribution in [0, 0.1) is 0 Å². The van der Waals surface area contributed by atoms with Crippen LogP contribution in [0.1, 0.15) is 25.3 Å². The maximum atomic E-state index is 12.0. The molecule has 0 saturated carbocycles. The van der Waals surface area contributed by atoms with E-state index in [0.717, 1.165) is 10.9 Å². The number of nitrogens with one attached hydrogen (secondary N) is 2. The summed E-state index contributed by atoms with van der Waals surface area (Å²) in [4.78, 5) is 23.9. The number of fused-ring (bicyclic) bond motifs is 1. The van der Waals surface area contributed by atoms with Crippen molar-refractivity contribution in [3.05, 3.63) is 66.4 Å². The quantitative estimate of drug-likeness (QED) is 0.660. The fourth-order valence-electron chi connectivity index (χ4n) is 2.75. The Hall–Kier alpha value is -3.28. The maximum absolute atomic E-state index is 12.0. The van der Waals surface area contributed by atoms with Gasteiger partial charge in [0.15, 0.2) is 6.61 Å². The van der Waals surface area contributed by atoms with Crippen molar-refractivity contribution >= 4 is 22.7 Å². The third kappa shape index (κ3) is 4.88. The number of benzene rings is 2. The molecule has 140 valence electrons. The van der Waals surface area contributed by atoms with E-state index in [-0.39, 0.29) is 19.1 Å². The summed E-state index contributed by atoms with van der Waals surface area (Å²) in [6.07, 6.45) is 1.84. The average Bonchev–Trinajstić information content (AvgIpc) is 3.08. The van der Waals surface area contributed by atoms with Crippen molar-refractivity contribution in [3.8, 4) is 5.75 Å². The van der Waals surface area contributed by atoms with Crippen molar-refractivity contribution < 1.29 is 14.3 Å². The first-order chi connectivity index (χ1) is 13.0. The number of hydrogen-bond donors (Lipinski definition) is 2. The third-order valence-electron chi connectivity index (χ3n) is 4.25. The summed E-state index contributed by atoms with van der Waals surface area (Å²) in [7, 11) is 0. The average molecular weight is 365 g/mol. The number of rotatable bonds is 6. The molecule has 0 unspecified atom stereocenters. The molecule has 2 amide bonds. The van der Waals surface area contributed by atoms with E-state index in [1.54, 1.807) is 0 Å². The van der Waals surface area contributed by atoms with Crippen LogP contribution < -0.4 is 15.6 Å². The minimum Gasteiger partial charge on any atom is -0.484 e. The van der Waals surface area contributed by atoms with Gasteiger partial charge in [0.05, 0.1) is 0 Å². The Morgan fingerprint density at radius 3 is 2.41 bits per heavy atom. The number of amides is 2. The summed E-state index contributed by atoms with van der Waals surface area (Å²) in [5, 5.41) is 1.06. The second kappa shape index (κ2) is 8.40. The van der Waals surface area contributed by atoms with Crippen molar-refractivity contribution in [2.45, 2.75) is 26.3 Å². The van der Waals surface area contributed by atoms with Crippen LogP contribution in [-0.2, 0) is 16.1 Å². The Labute approximate surface area is 158 Å². The van der Waals surface area contributed by atoms with Gasteiger partial charge in [-0.05, 0) is 41.1 Å². The summed E-state index contributed by atoms with van der Waals surface area (Å²) >= 11 is 0. The SMILES string of the molecule is CC(C)c1ccc(OCC(=O)NNC(=O)Cn2ccc3ccccc32)cc1. The number of ether oxygens (including phenoxy) is 1. The van der Waals surface area contributed by atoms with Crippen LogP contribution in [0.5, 0.6) is 5.75 Å². The zero-order valence-corrected chi connectivity index (χ0v) is 15.4. The van der Waals surface area contributed by atoms with E-state index in [2.05, 4.69) is 24.7 Å². The molecule has 2 aromatic carbocycles. The van der Waals surface area contributed by atoms with Crippen LogP contribution in [0.4, 0.5) is 0 Å². The molecule has 0 aliphatic rings. The van der Waals surface area contributed by atoms with Gasteiger partial charge in [0, 0.05) is 11.7 Å². The predicted molar refractivity (Wildman–Crippen MR) is 104 cm³/mol. The van der Waals surface area contributed by atoms with Gasteiger partial charge in [-0.2, -0.15) is 0 Å². The molecule has 0 fully saturated rings. The van der Waals surface area contributed by atoms with Crippen molar-refractivity contribution in [1.29, 1.82) is 0 Å². The number of para-hydroxylation sites is 1. The molecule has 0 spiro atoms. The second-order valence-electron chi connectivity index (χ2n) is 6.61. The van der Waals surface area contributed by atoms with Crippen molar-refractivity contribution in [2.75, 3.05) is 6.61 Å². The second-order valence-corrected chi connectivity index (χ2v) is 6.61.